The van der Waals surface area contributed by atoms with Crippen LogP contribution in [0.2, 0.25) is 5.02 Å². The van der Waals surface area contributed by atoms with E-state index in [0.717, 1.165) is 24.0 Å². The Morgan fingerprint density at radius 3 is 2.28 bits per heavy atom. The van der Waals surface area contributed by atoms with Gasteiger partial charge in [-0.05, 0) is 88.8 Å². The van der Waals surface area contributed by atoms with Gasteiger partial charge in [0.25, 0.3) is 5.24 Å². The van der Waals surface area contributed by atoms with Gasteiger partial charge in [-0.25, -0.2) is 21.8 Å². The molecule has 2 N–H and O–H groups in total. The highest BCUT2D eigenvalue weighted by atomic mass is 35.5. The number of piperidine rings is 1. The zero-order chi connectivity index (χ0) is 39.4. The lowest BCUT2D eigenvalue weighted by Crippen LogP contribution is -2.50. The van der Waals surface area contributed by atoms with Crippen LogP contribution in [-0.2, 0) is 19.9 Å². The number of rotatable bonds is 12. The number of ether oxygens (including phenoxy) is 1. The first kappa shape index (κ1) is 41.9. The lowest BCUT2D eigenvalue weighted by molar-refractivity contribution is 0.205. The molecule has 3 heterocycles. The molecular weight excluding hydrogens is 790 g/mol. The van der Waals surface area contributed by atoms with E-state index in [2.05, 4.69) is 26.7 Å². The number of likely N-dealkylation sites (tertiary alicyclic amines) is 1. The summed E-state index contributed by atoms with van der Waals surface area (Å²) in [4.78, 5) is 26.8. The minimum atomic E-state index is -3.58. The highest BCUT2D eigenvalue weighted by Crippen LogP contribution is 2.39. The van der Waals surface area contributed by atoms with Crippen LogP contribution in [0.4, 0.5) is 27.9 Å². The van der Waals surface area contributed by atoms with E-state index < -0.39 is 25.1 Å². The summed E-state index contributed by atoms with van der Waals surface area (Å²) >= 11 is 13.3. The summed E-state index contributed by atoms with van der Waals surface area (Å²) in [7, 11) is -6.80. The number of para-hydroxylation sites is 1. The fourth-order valence-corrected chi connectivity index (χ4v) is 9.70. The number of carbonyl (C=O) groups excluding carboxylic acids is 1. The summed E-state index contributed by atoms with van der Waals surface area (Å²) in [5.74, 6) is 1.73. The van der Waals surface area contributed by atoms with Crippen LogP contribution in [0.1, 0.15) is 57.6 Å². The van der Waals surface area contributed by atoms with E-state index >= 15 is 0 Å². The van der Waals surface area contributed by atoms with Crippen molar-refractivity contribution >= 4 is 88.8 Å². The van der Waals surface area contributed by atoms with Crippen LogP contribution in [0.15, 0.2) is 47.5 Å². The van der Waals surface area contributed by atoms with Gasteiger partial charge in [-0.3, -0.25) is 4.79 Å². The van der Waals surface area contributed by atoms with E-state index in [0.29, 0.717) is 67.1 Å². The molecule has 0 unspecified atom stereocenters. The van der Waals surface area contributed by atoms with Crippen molar-refractivity contribution in [3.05, 3.63) is 58.7 Å². The van der Waals surface area contributed by atoms with Crippen molar-refractivity contribution in [2.24, 2.45) is 0 Å². The first-order valence-corrected chi connectivity index (χ1v) is 23.0. The zero-order valence-corrected chi connectivity index (χ0v) is 35.4. The van der Waals surface area contributed by atoms with E-state index in [1.165, 1.54) is 28.5 Å². The number of aromatic nitrogens is 2. The van der Waals surface area contributed by atoms with Crippen LogP contribution in [0.5, 0.6) is 5.75 Å². The maximum Gasteiger partial charge on any atom is 0.282 e. The van der Waals surface area contributed by atoms with Gasteiger partial charge < -0.3 is 25.2 Å². The van der Waals surface area contributed by atoms with Crippen LogP contribution in [0.3, 0.4) is 0 Å². The van der Waals surface area contributed by atoms with Crippen molar-refractivity contribution in [1.82, 2.24) is 24.1 Å². The summed E-state index contributed by atoms with van der Waals surface area (Å²) in [6.07, 6.45) is 4.14. The second-order valence-corrected chi connectivity index (χ2v) is 20.2. The molecule has 2 fully saturated rings. The first-order chi connectivity index (χ1) is 25.4. The number of thiocarbonyl (C=S) groups is 1. The van der Waals surface area contributed by atoms with Crippen LogP contribution < -0.4 is 15.4 Å². The third-order valence-corrected chi connectivity index (χ3v) is 14.7. The predicted octanol–water partition coefficient (Wildman–Crippen LogP) is 6.83. The van der Waals surface area contributed by atoms with Crippen molar-refractivity contribution < 1.29 is 26.4 Å². The van der Waals surface area contributed by atoms with Crippen LogP contribution in [-0.4, -0.2) is 114 Å². The van der Waals surface area contributed by atoms with Gasteiger partial charge in [0.15, 0.2) is 15.7 Å². The van der Waals surface area contributed by atoms with Crippen molar-refractivity contribution in [2.75, 3.05) is 61.9 Å². The molecule has 2 aromatic carbocycles. The van der Waals surface area contributed by atoms with Crippen LogP contribution in [0, 0.1) is 6.92 Å². The summed E-state index contributed by atoms with van der Waals surface area (Å²) in [6.45, 7) is 12.3. The molecule has 2 aliphatic heterocycles. The first-order valence-electron chi connectivity index (χ1n) is 17.8. The molecule has 5 rings (SSSR count). The van der Waals surface area contributed by atoms with Gasteiger partial charge in [-0.15, -0.1) is 0 Å². The molecule has 18 heteroatoms. The number of carbonyl (C=O) groups is 1. The molecule has 2 aliphatic rings. The minimum Gasteiger partial charge on any atom is -0.489 e. The predicted molar refractivity (Wildman–Crippen MR) is 221 cm³/mol. The smallest absolute Gasteiger partial charge is 0.282 e. The van der Waals surface area contributed by atoms with Crippen molar-refractivity contribution in [3.63, 3.8) is 0 Å². The van der Waals surface area contributed by atoms with Gasteiger partial charge in [0, 0.05) is 39.3 Å². The van der Waals surface area contributed by atoms with E-state index in [4.69, 9.17) is 28.6 Å². The fourth-order valence-electron chi connectivity index (χ4n) is 6.38. The summed E-state index contributed by atoms with van der Waals surface area (Å²) in [6, 6.07) is 10.7. The van der Waals surface area contributed by atoms with E-state index in [1.54, 1.807) is 38.1 Å². The molecule has 0 radical (unpaired) electrons. The second kappa shape index (κ2) is 17.7. The number of thioether (sulfide) groups is 1. The van der Waals surface area contributed by atoms with Gasteiger partial charge in [0.2, 0.25) is 16.0 Å². The Labute approximate surface area is 333 Å². The Kier molecular flexibility index (Phi) is 13.8. The molecule has 0 bridgehead atoms. The molecule has 294 valence electrons. The monoisotopic (exact) mass is 837 g/mol. The normalized spacial score (nSPS) is 16.2. The second-order valence-electron chi connectivity index (χ2n) is 14.0. The largest absolute Gasteiger partial charge is 0.489 e. The molecule has 0 aliphatic carbocycles. The standard InChI is InChI=1S/C36H48ClN7O6S4/c1-23(2)50-31-20-27(26-11-13-43(14-12-26)36(45)52-22-33(51)42-15-17-44(18-16-42)53(6,46)47)25(5)19-30(31)40-35-38-21-28(37)34(41-35)39-29-9-7-8-10-32(29)54(48,49)24(3)4/h7-10,19-21,23-24,26H,11-18,22H2,1-6H3,(H2,38,39,40,41). The summed E-state index contributed by atoms with van der Waals surface area (Å²) < 4.78 is 57.5. The maximum absolute atomic E-state index is 13.2. The average Bonchev–Trinajstić information content (AvgIpc) is 3.12. The molecule has 13 nitrogen and oxygen atoms in total. The SMILES string of the molecule is Cc1cc(Nc2ncc(Cl)c(Nc3ccccc3S(=O)(=O)C(C)C)n2)c(OC(C)C)cc1C1CCN(C(=O)SCC(=S)N2CCN(S(C)(=O)=O)CC2)CC1. The Morgan fingerprint density at radius 2 is 1.65 bits per heavy atom. The third-order valence-electron chi connectivity index (χ3n) is 9.36. The number of piperazine rings is 1. The number of hydrogen-bond donors (Lipinski definition) is 2. The molecule has 0 atom stereocenters. The van der Waals surface area contributed by atoms with Crippen molar-refractivity contribution in [3.8, 4) is 5.75 Å². The molecule has 3 aromatic rings. The summed E-state index contributed by atoms with van der Waals surface area (Å²) in [5, 5.41) is 5.97. The number of halogens is 1. The Balaban J connectivity index is 1.24. The van der Waals surface area contributed by atoms with Crippen LogP contribution >= 0.6 is 35.6 Å². The fraction of sp³-hybridized carbons (Fsp3) is 0.500. The number of sulfonamides is 1. The zero-order valence-electron chi connectivity index (χ0n) is 31.3. The number of anilines is 4. The topological polar surface area (TPSA) is 154 Å². The van der Waals surface area contributed by atoms with Gasteiger partial charge in [0.1, 0.15) is 10.8 Å². The van der Waals surface area contributed by atoms with Gasteiger partial charge in [-0.1, -0.05) is 47.7 Å². The number of benzene rings is 2. The number of nitrogens with zero attached hydrogens (tertiary/aromatic N) is 5. The van der Waals surface area contributed by atoms with E-state index in [1.807, 2.05) is 36.6 Å². The molecule has 0 saturated carbocycles. The third kappa shape index (κ3) is 10.3. The molecule has 54 heavy (non-hydrogen) atoms. The average molecular weight is 839 g/mol. The Bertz CT molecular complexity index is 2070. The van der Waals surface area contributed by atoms with Gasteiger partial charge in [-0.2, -0.15) is 9.29 Å². The number of sulfone groups is 1. The van der Waals surface area contributed by atoms with Crippen molar-refractivity contribution in [1.29, 1.82) is 0 Å². The molecular formula is C36H48ClN7O6S4. The number of hydrogen-bond acceptors (Lipinski definition) is 12. The minimum absolute atomic E-state index is 0.00692. The number of aryl methyl sites for hydroxylation is 1. The molecule has 1 aromatic heterocycles. The molecule has 1 amide bonds. The lowest BCUT2D eigenvalue weighted by atomic mass is 9.86. The van der Waals surface area contributed by atoms with Crippen LogP contribution in [0.25, 0.3) is 0 Å². The quantitative estimate of drug-likeness (QED) is 0.183. The highest BCUT2D eigenvalue weighted by molar-refractivity contribution is 8.14. The van der Waals surface area contributed by atoms with E-state index in [9.17, 15) is 21.6 Å². The number of nitrogens with one attached hydrogen (secondary N) is 2. The van der Waals surface area contributed by atoms with Crippen molar-refractivity contribution in [2.45, 2.75) is 69.6 Å². The van der Waals surface area contributed by atoms with Gasteiger partial charge in [0.05, 0.1) is 50.8 Å². The van der Waals surface area contributed by atoms with Gasteiger partial charge >= 0.3 is 0 Å². The molecule has 0 spiro atoms. The number of amides is 1. The molecule has 2 saturated heterocycles. The van der Waals surface area contributed by atoms with E-state index in [-0.39, 0.29) is 38.9 Å². The Hall–Kier alpha value is -3.22. The highest BCUT2D eigenvalue weighted by Gasteiger charge is 2.29. The maximum atomic E-state index is 13.2. The lowest BCUT2D eigenvalue weighted by Gasteiger charge is -2.35. The summed E-state index contributed by atoms with van der Waals surface area (Å²) in [5.41, 5.74) is 3.22. The Morgan fingerprint density at radius 1 is 0.981 bits per heavy atom.